The number of carboxylic acids is 1. The summed E-state index contributed by atoms with van der Waals surface area (Å²) in [5.41, 5.74) is 0.532. The highest BCUT2D eigenvalue weighted by molar-refractivity contribution is 7.13. The molecule has 2 aromatic rings. The van der Waals surface area contributed by atoms with Crippen LogP contribution in [0, 0.1) is 12.8 Å². The smallest absolute Gasteiger partial charge is 0.347 e. The monoisotopic (exact) mass is 377 g/mol. The molecule has 8 heteroatoms. The Bertz CT molecular complexity index is 757. The molecule has 3 heterocycles. The van der Waals surface area contributed by atoms with E-state index in [1.165, 1.54) is 11.3 Å². The minimum Gasteiger partial charge on any atom is -0.477 e. The molecule has 1 aliphatic rings. The molecular weight excluding hydrogens is 354 g/mol. The summed E-state index contributed by atoms with van der Waals surface area (Å²) < 4.78 is 5.38. The third-order valence-corrected chi connectivity index (χ3v) is 5.71. The van der Waals surface area contributed by atoms with E-state index >= 15 is 0 Å². The van der Waals surface area contributed by atoms with E-state index in [0.29, 0.717) is 18.7 Å². The van der Waals surface area contributed by atoms with E-state index in [1.807, 2.05) is 12.1 Å². The van der Waals surface area contributed by atoms with Gasteiger partial charge in [0.05, 0.1) is 29.4 Å². The first-order valence-corrected chi connectivity index (χ1v) is 9.56. The number of carboxylic acid groups (broad SMARTS) is 1. The second-order valence-electron chi connectivity index (χ2n) is 6.52. The highest BCUT2D eigenvalue weighted by Gasteiger charge is 2.26. The van der Waals surface area contributed by atoms with Crippen LogP contribution in [0.2, 0.25) is 0 Å². The number of piperidine rings is 1. The first-order chi connectivity index (χ1) is 12.5. The van der Waals surface area contributed by atoms with Gasteiger partial charge in [-0.25, -0.2) is 9.78 Å². The number of carbonyl (C=O) groups is 2. The Morgan fingerprint density at radius 2 is 2.35 bits per heavy atom. The zero-order valence-corrected chi connectivity index (χ0v) is 15.6. The van der Waals surface area contributed by atoms with Gasteiger partial charge < -0.3 is 14.8 Å². The molecule has 1 atom stereocenters. The Hall–Kier alpha value is -2.19. The normalized spacial score (nSPS) is 18.0. The first-order valence-electron chi connectivity index (χ1n) is 8.75. The minimum atomic E-state index is -0.950. The van der Waals surface area contributed by atoms with Crippen molar-refractivity contribution in [3.8, 4) is 0 Å². The van der Waals surface area contributed by atoms with Crippen LogP contribution >= 0.6 is 11.3 Å². The second-order valence-corrected chi connectivity index (χ2v) is 7.61. The first kappa shape index (κ1) is 18.6. The Balaban J connectivity index is 1.45. The van der Waals surface area contributed by atoms with Gasteiger partial charge in [-0.05, 0) is 38.4 Å². The third-order valence-electron chi connectivity index (χ3n) is 4.51. The van der Waals surface area contributed by atoms with Crippen LogP contribution in [0.5, 0.6) is 0 Å². The van der Waals surface area contributed by atoms with Crippen LogP contribution in [-0.4, -0.2) is 46.5 Å². The predicted molar refractivity (Wildman–Crippen MR) is 97.2 cm³/mol. The van der Waals surface area contributed by atoms with Gasteiger partial charge in [-0.1, -0.05) is 0 Å². The van der Waals surface area contributed by atoms with Gasteiger partial charge in [-0.3, -0.25) is 9.69 Å². The van der Waals surface area contributed by atoms with E-state index in [2.05, 4.69) is 15.2 Å². The SMILES string of the molecule is Cc1nc(CCNC(=O)C2CCCN(Cc3ccco3)C2)sc1C(=O)O. The Kier molecular flexibility index (Phi) is 6.05. The van der Waals surface area contributed by atoms with Gasteiger partial charge in [0.1, 0.15) is 10.6 Å². The molecular formula is C18H23N3O4S. The molecule has 1 saturated heterocycles. The molecule has 0 spiro atoms. The van der Waals surface area contributed by atoms with E-state index in [0.717, 1.165) is 43.2 Å². The van der Waals surface area contributed by atoms with Crippen LogP contribution in [0.15, 0.2) is 22.8 Å². The van der Waals surface area contributed by atoms with Crippen LogP contribution < -0.4 is 5.32 Å². The molecule has 140 valence electrons. The number of thiazole rings is 1. The van der Waals surface area contributed by atoms with Gasteiger partial charge >= 0.3 is 5.97 Å². The van der Waals surface area contributed by atoms with E-state index in [4.69, 9.17) is 9.52 Å². The number of nitrogens with one attached hydrogen (secondary N) is 1. The molecule has 2 N–H and O–H groups in total. The van der Waals surface area contributed by atoms with E-state index < -0.39 is 5.97 Å². The van der Waals surface area contributed by atoms with Crippen molar-refractivity contribution < 1.29 is 19.1 Å². The highest BCUT2D eigenvalue weighted by Crippen LogP contribution is 2.20. The molecule has 3 rings (SSSR count). The zero-order chi connectivity index (χ0) is 18.5. The number of rotatable bonds is 7. The van der Waals surface area contributed by atoms with Crippen molar-refractivity contribution in [1.82, 2.24) is 15.2 Å². The summed E-state index contributed by atoms with van der Waals surface area (Å²) in [6.07, 6.45) is 4.10. The standard InChI is InChI=1S/C18H23N3O4S/c1-12-16(18(23)24)26-15(20-12)6-7-19-17(22)13-4-2-8-21(10-13)11-14-5-3-9-25-14/h3,5,9,13H,2,4,6-8,10-11H2,1H3,(H,19,22)(H,23,24). The van der Waals surface area contributed by atoms with Gasteiger partial charge in [-0.2, -0.15) is 0 Å². The van der Waals surface area contributed by atoms with Gasteiger partial charge in [0.25, 0.3) is 0 Å². The van der Waals surface area contributed by atoms with Gasteiger partial charge in [-0.15, -0.1) is 11.3 Å². The quantitative estimate of drug-likeness (QED) is 0.769. The fraction of sp³-hybridized carbons (Fsp3) is 0.500. The predicted octanol–water partition coefficient (Wildman–Crippen LogP) is 2.31. The summed E-state index contributed by atoms with van der Waals surface area (Å²) in [5, 5.41) is 12.8. The van der Waals surface area contributed by atoms with E-state index in [9.17, 15) is 9.59 Å². The Morgan fingerprint density at radius 3 is 3.04 bits per heavy atom. The molecule has 2 aromatic heterocycles. The number of likely N-dealkylation sites (tertiary alicyclic amines) is 1. The number of hydrogen-bond donors (Lipinski definition) is 2. The summed E-state index contributed by atoms with van der Waals surface area (Å²) in [6, 6.07) is 3.82. The third kappa shape index (κ3) is 4.70. The summed E-state index contributed by atoms with van der Waals surface area (Å²) in [5.74, 6) is 0.000719. The van der Waals surface area contributed by atoms with Crippen molar-refractivity contribution in [2.75, 3.05) is 19.6 Å². The number of amides is 1. The molecule has 0 aromatic carbocycles. The van der Waals surface area contributed by atoms with E-state index in [1.54, 1.807) is 13.2 Å². The number of nitrogens with zero attached hydrogens (tertiary/aromatic N) is 2. The Labute approximate surface area is 156 Å². The molecule has 0 bridgehead atoms. The number of carbonyl (C=O) groups excluding carboxylic acids is 1. The van der Waals surface area contributed by atoms with Crippen LogP contribution in [0.1, 0.15) is 39.0 Å². The molecule has 1 aliphatic heterocycles. The molecule has 1 unspecified atom stereocenters. The van der Waals surface area contributed by atoms with E-state index in [-0.39, 0.29) is 16.7 Å². The number of furan rings is 1. The van der Waals surface area contributed by atoms with Crippen LogP contribution in [0.25, 0.3) is 0 Å². The fourth-order valence-corrected chi connectivity index (χ4v) is 4.13. The van der Waals surface area contributed by atoms with Crippen molar-refractivity contribution >= 4 is 23.2 Å². The second kappa shape index (κ2) is 8.46. The summed E-state index contributed by atoms with van der Waals surface area (Å²) in [6.45, 7) is 4.59. The topological polar surface area (TPSA) is 95.7 Å². The lowest BCUT2D eigenvalue weighted by Crippen LogP contribution is -2.43. The Morgan fingerprint density at radius 1 is 1.50 bits per heavy atom. The minimum absolute atomic E-state index is 0.0219. The van der Waals surface area contributed by atoms with Gasteiger partial charge in [0.15, 0.2) is 0 Å². The zero-order valence-electron chi connectivity index (χ0n) is 14.7. The number of aromatic carboxylic acids is 1. The average Bonchev–Trinajstić information content (AvgIpc) is 3.24. The lowest BCUT2D eigenvalue weighted by atomic mass is 9.97. The van der Waals surface area contributed by atoms with Gasteiger partial charge in [0, 0.05) is 19.5 Å². The number of aryl methyl sites for hydroxylation is 1. The maximum absolute atomic E-state index is 12.4. The number of hydrogen-bond acceptors (Lipinski definition) is 6. The molecule has 1 amide bonds. The maximum Gasteiger partial charge on any atom is 0.347 e. The summed E-state index contributed by atoms with van der Waals surface area (Å²) in [7, 11) is 0. The lowest BCUT2D eigenvalue weighted by molar-refractivity contribution is -0.126. The van der Waals surface area contributed by atoms with Crippen molar-refractivity contribution in [1.29, 1.82) is 0 Å². The maximum atomic E-state index is 12.4. The highest BCUT2D eigenvalue weighted by atomic mass is 32.1. The molecule has 0 saturated carbocycles. The number of aromatic nitrogens is 1. The molecule has 26 heavy (non-hydrogen) atoms. The van der Waals surface area contributed by atoms with Crippen molar-refractivity contribution in [3.05, 3.63) is 39.7 Å². The van der Waals surface area contributed by atoms with Crippen LogP contribution in [0.3, 0.4) is 0 Å². The fourth-order valence-electron chi connectivity index (χ4n) is 3.23. The van der Waals surface area contributed by atoms with Crippen LogP contribution in [0.4, 0.5) is 0 Å². The van der Waals surface area contributed by atoms with Gasteiger partial charge in [0.2, 0.25) is 5.91 Å². The summed E-state index contributed by atoms with van der Waals surface area (Å²) >= 11 is 1.18. The molecule has 1 fully saturated rings. The average molecular weight is 377 g/mol. The molecule has 0 aliphatic carbocycles. The van der Waals surface area contributed by atoms with Crippen molar-refractivity contribution in [2.45, 2.75) is 32.7 Å². The van der Waals surface area contributed by atoms with Crippen molar-refractivity contribution in [3.63, 3.8) is 0 Å². The molecule has 7 nitrogen and oxygen atoms in total. The lowest BCUT2D eigenvalue weighted by Gasteiger charge is -2.31. The molecule has 0 radical (unpaired) electrons. The largest absolute Gasteiger partial charge is 0.477 e. The van der Waals surface area contributed by atoms with Crippen LogP contribution in [-0.2, 0) is 17.8 Å². The summed E-state index contributed by atoms with van der Waals surface area (Å²) in [4.78, 5) is 30.3. The van der Waals surface area contributed by atoms with Crippen molar-refractivity contribution in [2.24, 2.45) is 5.92 Å².